The number of nitrogens with zero attached hydrogens (tertiary/aromatic N) is 5. The topological polar surface area (TPSA) is 89.4 Å². The van der Waals surface area contributed by atoms with Crippen molar-refractivity contribution in [2.24, 2.45) is 5.41 Å². The minimum atomic E-state index is -0.0954. The number of fused-ring (bicyclic) bond motifs is 1. The normalized spacial score (nSPS) is 24.9. The summed E-state index contributed by atoms with van der Waals surface area (Å²) in [5, 5.41) is 5.14. The summed E-state index contributed by atoms with van der Waals surface area (Å²) >= 11 is 0. The van der Waals surface area contributed by atoms with Crippen LogP contribution < -0.4 is 5.56 Å². The fraction of sp³-hybridized carbons (Fsp3) is 0.571. The van der Waals surface area contributed by atoms with Crippen LogP contribution in [-0.4, -0.2) is 29.7 Å². The summed E-state index contributed by atoms with van der Waals surface area (Å²) in [5.74, 6) is 1.96. The first-order chi connectivity index (χ1) is 13.5. The zero-order valence-electron chi connectivity index (χ0n) is 16.4. The predicted octanol–water partition coefficient (Wildman–Crippen LogP) is 3.71. The van der Waals surface area contributed by atoms with Crippen molar-refractivity contribution in [2.45, 2.75) is 70.3 Å². The van der Waals surface area contributed by atoms with E-state index in [1.54, 1.807) is 18.6 Å². The molecule has 3 aromatic rings. The summed E-state index contributed by atoms with van der Waals surface area (Å²) in [6, 6.07) is 2.15. The average Bonchev–Trinajstić information content (AvgIpc) is 3.06. The van der Waals surface area contributed by atoms with E-state index in [2.05, 4.69) is 33.9 Å². The highest BCUT2D eigenvalue weighted by Crippen LogP contribution is 2.46. The molecule has 0 saturated heterocycles. The lowest BCUT2D eigenvalue weighted by atomic mass is 9.72. The summed E-state index contributed by atoms with van der Waals surface area (Å²) < 4.78 is 2.00. The molecule has 1 unspecified atom stereocenters. The van der Waals surface area contributed by atoms with Crippen LogP contribution in [-0.2, 0) is 0 Å². The first-order valence-corrected chi connectivity index (χ1v) is 10.3. The number of aromatic amines is 1. The Labute approximate surface area is 163 Å². The Morgan fingerprint density at radius 3 is 2.46 bits per heavy atom. The minimum Gasteiger partial charge on any atom is -0.310 e. The summed E-state index contributed by atoms with van der Waals surface area (Å²) in [7, 11) is 0. The van der Waals surface area contributed by atoms with Gasteiger partial charge in [0.2, 0.25) is 0 Å². The molecule has 0 amide bonds. The molecular weight excluding hydrogens is 352 g/mol. The van der Waals surface area contributed by atoms with Crippen LogP contribution in [0.5, 0.6) is 0 Å². The first-order valence-electron chi connectivity index (χ1n) is 10.3. The highest BCUT2D eigenvalue weighted by Gasteiger charge is 2.37. The second-order valence-electron chi connectivity index (χ2n) is 9.07. The number of H-pyrrole nitrogens is 1. The molecule has 0 aliphatic heterocycles. The molecule has 2 aliphatic carbocycles. The molecule has 2 saturated carbocycles. The van der Waals surface area contributed by atoms with Gasteiger partial charge in [0.25, 0.3) is 5.56 Å². The number of rotatable bonds is 3. The molecule has 0 radical (unpaired) electrons. The Kier molecular flexibility index (Phi) is 4.07. The lowest BCUT2D eigenvalue weighted by molar-refractivity contribution is 0.188. The maximum Gasteiger partial charge on any atom is 0.262 e. The molecule has 0 bridgehead atoms. The van der Waals surface area contributed by atoms with Crippen molar-refractivity contribution in [3.05, 3.63) is 46.7 Å². The first kappa shape index (κ1) is 17.5. The number of hydrogen-bond donors (Lipinski definition) is 1. The lowest BCUT2D eigenvalue weighted by Crippen LogP contribution is -2.28. The van der Waals surface area contributed by atoms with Gasteiger partial charge in [0.05, 0.1) is 12.2 Å². The van der Waals surface area contributed by atoms with Crippen molar-refractivity contribution in [1.82, 2.24) is 29.7 Å². The van der Waals surface area contributed by atoms with Crippen molar-refractivity contribution >= 4 is 11.0 Å². The van der Waals surface area contributed by atoms with E-state index in [0.29, 0.717) is 16.8 Å². The Hall–Kier alpha value is -2.57. The molecule has 7 heteroatoms. The summed E-state index contributed by atoms with van der Waals surface area (Å²) in [4.78, 5) is 29.4. The predicted molar refractivity (Wildman–Crippen MR) is 106 cm³/mol. The maximum atomic E-state index is 12.7. The van der Waals surface area contributed by atoms with Gasteiger partial charge in [0.15, 0.2) is 5.65 Å². The van der Waals surface area contributed by atoms with Crippen LogP contribution in [0, 0.1) is 5.41 Å². The van der Waals surface area contributed by atoms with E-state index >= 15 is 0 Å². The molecule has 7 nitrogen and oxygen atoms in total. The summed E-state index contributed by atoms with van der Waals surface area (Å²) in [5.41, 5.74) is 1.02. The lowest BCUT2D eigenvalue weighted by Gasteiger charge is -2.35. The number of hydrogen-bond acceptors (Lipinski definition) is 5. The third-order valence-corrected chi connectivity index (χ3v) is 6.68. The highest BCUT2D eigenvalue weighted by atomic mass is 16.1. The van der Waals surface area contributed by atoms with Gasteiger partial charge in [-0.2, -0.15) is 5.10 Å². The molecule has 28 heavy (non-hydrogen) atoms. The van der Waals surface area contributed by atoms with Gasteiger partial charge in [-0.25, -0.2) is 19.6 Å². The molecule has 146 valence electrons. The SMILES string of the molecule is CC1(C)CCC(n2ncc3c(=O)[nH]c(C4CC[C@H]4c4ncccn4)nc32)CC1. The van der Waals surface area contributed by atoms with E-state index in [1.165, 1.54) is 12.8 Å². The molecule has 3 aromatic heterocycles. The van der Waals surface area contributed by atoms with Gasteiger partial charge in [-0.15, -0.1) is 0 Å². The van der Waals surface area contributed by atoms with Crippen LogP contribution in [0.25, 0.3) is 11.0 Å². The van der Waals surface area contributed by atoms with E-state index in [-0.39, 0.29) is 17.4 Å². The number of nitrogens with one attached hydrogen (secondary N) is 1. The fourth-order valence-corrected chi connectivity index (χ4v) is 4.66. The van der Waals surface area contributed by atoms with Crippen LogP contribution in [0.15, 0.2) is 29.5 Å². The molecule has 1 N–H and O–H groups in total. The van der Waals surface area contributed by atoms with Gasteiger partial charge in [-0.05, 0) is 50.0 Å². The van der Waals surface area contributed by atoms with Gasteiger partial charge in [-0.3, -0.25) is 4.79 Å². The van der Waals surface area contributed by atoms with Crippen LogP contribution in [0.1, 0.15) is 81.9 Å². The van der Waals surface area contributed by atoms with Crippen molar-refractivity contribution in [1.29, 1.82) is 0 Å². The van der Waals surface area contributed by atoms with Crippen molar-refractivity contribution < 1.29 is 0 Å². The van der Waals surface area contributed by atoms with Crippen LogP contribution >= 0.6 is 0 Å². The van der Waals surface area contributed by atoms with Gasteiger partial charge in [0.1, 0.15) is 17.0 Å². The standard InChI is InChI=1S/C21H26N6O/c1-21(2)8-6-13(7-9-21)27-19-16(12-24-27)20(28)26-18(25-19)15-5-4-14(15)17-22-10-3-11-23-17/h3,10-15H,4-9H2,1-2H3,(H,25,26,28)/t14-,15?/m1/s1. The highest BCUT2D eigenvalue weighted by molar-refractivity contribution is 5.73. The Balaban J connectivity index is 1.49. The summed E-state index contributed by atoms with van der Waals surface area (Å²) in [6.45, 7) is 4.65. The monoisotopic (exact) mass is 378 g/mol. The molecule has 2 aliphatic rings. The zero-order chi connectivity index (χ0) is 19.3. The largest absolute Gasteiger partial charge is 0.310 e. The maximum absolute atomic E-state index is 12.7. The van der Waals surface area contributed by atoms with Gasteiger partial charge >= 0.3 is 0 Å². The molecule has 0 aromatic carbocycles. The van der Waals surface area contributed by atoms with E-state index in [9.17, 15) is 4.79 Å². The molecule has 0 spiro atoms. The fourth-order valence-electron chi connectivity index (χ4n) is 4.66. The molecule has 2 atom stereocenters. The van der Waals surface area contributed by atoms with E-state index < -0.39 is 0 Å². The van der Waals surface area contributed by atoms with Crippen LogP contribution in [0.4, 0.5) is 0 Å². The van der Waals surface area contributed by atoms with Crippen molar-refractivity contribution in [3.8, 4) is 0 Å². The average molecular weight is 378 g/mol. The van der Waals surface area contributed by atoms with E-state index in [0.717, 1.165) is 43.0 Å². The smallest absolute Gasteiger partial charge is 0.262 e. The quantitative estimate of drug-likeness (QED) is 0.750. The number of aromatic nitrogens is 6. The molecular formula is C21H26N6O. The Bertz CT molecular complexity index is 1040. The second kappa shape index (κ2) is 6.50. The molecule has 3 heterocycles. The van der Waals surface area contributed by atoms with Crippen molar-refractivity contribution in [2.75, 3.05) is 0 Å². The van der Waals surface area contributed by atoms with Crippen LogP contribution in [0.2, 0.25) is 0 Å². The third kappa shape index (κ3) is 2.93. The molecule has 5 rings (SSSR count). The van der Waals surface area contributed by atoms with Gasteiger partial charge in [-0.1, -0.05) is 13.8 Å². The Morgan fingerprint density at radius 2 is 1.79 bits per heavy atom. The van der Waals surface area contributed by atoms with E-state index in [1.807, 2.05) is 10.7 Å². The van der Waals surface area contributed by atoms with E-state index in [4.69, 9.17) is 4.98 Å². The Morgan fingerprint density at radius 1 is 1.07 bits per heavy atom. The second-order valence-corrected chi connectivity index (χ2v) is 9.07. The van der Waals surface area contributed by atoms with Crippen LogP contribution in [0.3, 0.4) is 0 Å². The minimum absolute atomic E-state index is 0.0954. The van der Waals surface area contributed by atoms with Gasteiger partial charge in [0, 0.05) is 24.2 Å². The third-order valence-electron chi connectivity index (χ3n) is 6.68. The molecule has 2 fully saturated rings. The van der Waals surface area contributed by atoms with Gasteiger partial charge < -0.3 is 4.98 Å². The zero-order valence-corrected chi connectivity index (χ0v) is 16.4. The summed E-state index contributed by atoms with van der Waals surface area (Å²) in [6.07, 6.45) is 11.7. The van der Waals surface area contributed by atoms with Crippen molar-refractivity contribution in [3.63, 3.8) is 0 Å².